The van der Waals surface area contributed by atoms with E-state index >= 15 is 0 Å². The molecule has 1 atom stereocenters. The fourth-order valence-corrected chi connectivity index (χ4v) is 6.25. The molecule has 5 rings (SSSR count). The van der Waals surface area contributed by atoms with Crippen LogP contribution in [0, 0.1) is 0 Å². The summed E-state index contributed by atoms with van der Waals surface area (Å²) in [5.41, 5.74) is 1.94. The lowest BCUT2D eigenvalue weighted by Crippen LogP contribution is -2.34. The number of carbonyl (C=O) groups is 1. The van der Waals surface area contributed by atoms with Crippen LogP contribution in [0.15, 0.2) is 64.5 Å². The van der Waals surface area contributed by atoms with Gasteiger partial charge in [0.25, 0.3) is 5.56 Å². The summed E-state index contributed by atoms with van der Waals surface area (Å²) in [6, 6.07) is 16.7. The molecular weight excluding hydrogens is 494 g/mol. The number of hydrogen-bond donors (Lipinski definition) is 1. The van der Waals surface area contributed by atoms with Crippen molar-refractivity contribution in [2.75, 3.05) is 18.2 Å². The smallest absolute Gasteiger partial charge is 0.267 e. The number of aromatic nitrogens is 2. The summed E-state index contributed by atoms with van der Waals surface area (Å²) in [6.07, 6.45) is 1.54. The molecule has 7 nitrogen and oxygen atoms in total. The zero-order valence-corrected chi connectivity index (χ0v) is 22.0. The van der Waals surface area contributed by atoms with Gasteiger partial charge in [0.15, 0.2) is 5.16 Å². The number of para-hydroxylation sites is 3. The van der Waals surface area contributed by atoms with Gasteiger partial charge in [-0.15, -0.1) is 11.3 Å². The molecule has 0 aliphatic carbocycles. The number of benzene rings is 2. The highest BCUT2D eigenvalue weighted by molar-refractivity contribution is 7.99. The van der Waals surface area contributed by atoms with Crippen LogP contribution in [0.2, 0.25) is 0 Å². The topological polar surface area (TPSA) is 82.5 Å². The van der Waals surface area contributed by atoms with E-state index < -0.39 is 0 Å². The van der Waals surface area contributed by atoms with Crippen LogP contribution in [0.25, 0.3) is 15.9 Å². The molecular formula is C27H27N3O4S2. The molecule has 0 spiro atoms. The lowest BCUT2D eigenvalue weighted by molar-refractivity contribution is -0.113. The number of nitrogens with zero attached hydrogens (tertiary/aromatic N) is 2. The number of thiophene rings is 1. The van der Waals surface area contributed by atoms with Gasteiger partial charge in [0.05, 0.1) is 41.8 Å². The van der Waals surface area contributed by atoms with Crippen LogP contribution in [0.5, 0.6) is 5.75 Å². The van der Waals surface area contributed by atoms with Crippen LogP contribution in [0.4, 0.5) is 5.69 Å². The summed E-state index contributed by atoms with van der Waals surface area (Å²) in [7, 11) is 1.56. The van der Waals surface area contributed by atoms with Gasteiger partial charge in [-0.25, -0.2) is 4.98 Å². The van der Waals surface area contributed by atoms with Crippen molar-refractivity contribution in [2.24, 2.45) is 0 Å². The minimum atomic E-state index is -0.297. The number of nitrogens with one attached hydrogen (secondary N) is 1. The molecule has 1 aliphatic heterocycles. The van der Waals surface area contributed by atoms with E-state index in [4.69, 9.17) is 14.5 Å². The van der Waals surface area contributed by atoms with Gasteiger partial charge in [0.1, 0.15) is 10.6 Å². The maximum atomic E-state index is 14.0. The Morgan fingerprint density at radius 1 is 1.22 bits per heavy atom. The number of rotatable bonds is 7. The Morgan fingerprint density at radius 2 is 1.97 bits per heavy atom. The van der Waals surface area contributed by atoms with Crippen molar-refractivity contribution < 1.29 is 14.3 Å². The number of amides is 1. The molecule has 0 bridgehead atoms. The van der Waals surface area contributed by atoms with Gasteiger partial charge in [-0.3, -0.25) is 14.2 Å². The van der Waals surface area contributed by atoms with Crippen LogP contribution >= 0.6 is 23.1 Å². The summed E-state index contributed by atoms with van der Waals surface area (Å²) < 4.78 is 13.1. The molecule has 4 aromatic rings. The second-order valence-electron chi connectivity index (χ2n) is 8.86. The van der Waals surface area contributed by atoms with Crippen molar-refractivity contribution in [1.29, 1.82) is 0 Å². The zero-order valence-electron chi connectivity index (χ0n) is 20.4. The Morgan fingerprint density at radius 3 is 2.72 bits per heavy atom. The van der Waals surface area contributed by atoms with Gasteiger partial charge in [-0.2, -0.15) is 0 Å². The average Bonchev–Trinajstić information content (AvgIpc) is 3.25. The first-order valence-electron chi connectivity index (χ1n) is 11.7. The van der Waals surface area contributed by atoms with E-state index in [0.29, 0.717) is 39.8 Å². The van der Waals surface area contributed by atoms with Crippen LogP contribution in [-0.2, 0) is 22.6 Å². The molecule has 0 fully saturated rings. The molecule has 36 heavy (non-hydrogen) atoms. The molecule has 1 N–H and O–H groups in total. The van der Waals surface area contributed by atoms with E-state index in [2.05, 4.69) is 19.2 Å². The highest BCUT2D eigenvalue weighted by Crippen LogP contribution is 2.39. The van der Waals surface area contributed by atoms with Crippen LogP contribution in [-0.4, -0.2) is 33.9 Å². The number of methoxy groups -OCH3 is 1. The van der Waals surface area contributed by atoms with E-state index in [1.165, 1.54) is 23.1 Å². The zero-order chi connectivity index (χ0) is 25.3. The number of hydrogen-bond acceptors (Lipinski definition) is 7. The predicted molar refractivity (Wildman–Crippen MR) is 145 cm³/mol. The molecule has 1 amide bonds. The Balaban J connectivity index is 1.52. The standard InChI is InChI=1S/C27H27N3O4S2/c1-4-27(2)14-18-21(15-34-27)36-24-23(18)25(32)30(17-10-6-5-7-11-17)26(29-24)35-16-22(31)28-19-12-8-9-13-20(19)33-3/h5-13H,4,14-16H2,1-3H3,(H,28,31)/t27-/m1/s1. The van der Waals surface area contributed by atoms with Crippen molar-refractivity contribution in [3.05, 3.63) is 75.4 Å². The highest BCUT2D eigenvalue weighted by Gasteiger charge is 2.33. The first-order chi connectivity index (χ1) is 17.4. The largest absolute Gasteiger partial charge is 0.495 e. The lowest BCUT2D eigenvalue weighted by atomic mass is 9.90. The second-order valence-corrected chi connectivity index (χ2v) is 10.9. The summed E-state index contributed by atoms with van der Waals surface area (Å²) in [6.45, 7) is 4.67. The highest BCUT2D eigenvalue weighted by atomic mass is 32.2. The Hall–Kier alpha value is -3.14. The summed E-state index contributed by atoms with van der Waals surface area (Å²) in [4.78, 5) is 33.4. The molecule has 1 aliphatic rings. The summed E-state index contributed by atoms with van der Waals surface area (Å²) in [5, 5.41) is 4.02. The molecule has 2 aromatic carbocycles. The summed E-state index contributed by atoms with van der Waals surface area (Å²) >= 11 is 2.74. The minimum Gasteiger partial charge on any atom is -0.495 e. The van der Waals surface area contributed by atoms with Crippen molar-refractivity contribution in [3.63, 3.8) is 0 Å². The predicted octanol–water partition coefficient (Wildman–Crippen LogP) is 5.43. The van der Waals surface area contributed by atoms with Gasteiger partial charge >= 0.3 is 0 Å². The van der Waals surface area contributed by atoms with Gasteiger partial charge in [0.2, 0.25) is 5.91 Å². The fraction of sp³-hybridized carbons (Fsp3) is 0.296. The Labute approximate surface area is 217 Å². The van der Waals surface area contributed by atoms with Crippen molar-refractivity contribution in [2.45, 2.75) is 44.1 Å². The molecule has 2 aromatic heterocycles. The van der Waals surface area contributed by atoms with Gasteiger partial charge in [-0.05, 0) is 43.2 Å². The Bertz CT molecular complexity index is 1480. The fourth-order valence-electron chi connectivity index (χ4n) is 4.29. The van der Waals surface area contributed by atoms with Crippen molar-refractivity contribution in [1.82, 2.24) is 9.55 Å². The number of thioether (sulfide) groups is 1. The van der Waals surface area contributed by atoms with E-state index in [9.17, 15) is 9.59 Å². The molecule has 0 unspecified atom stereocenters. The van der Waals surface area contributed by atoms with E-state index in [1.807, 2.05) is 42.5 Å². The maximum Gasteiger partial charge on any atom is 0.267 e. The van der Waals surface area contributed by atoms with Crippen LogP contribution < -0.4 is 15.6 Å². The number of anilines is 1. The van der Waals surface area contributed by atoms with E-state index in [0.717, 1.165) is 22.5 Å². The molecule has 9 heteroatoms. The third-order valence-corrected chi connectivity index (χ3v) is 8.49. The number of carbonyl (C=O) groups excluding carboxylic acids is 1. The van der Waals surface area contributed by atoms with Gasteiger partial charge in [-0.1, -0.05) is 49.0 Å². The van der Waals surface area contributed by atoms with E-state index in [-0.39, 0.29) is 22.8 Å². The van der Waals surface area contributed by atoms with Gasteiger partial charge < -0.3 is 14.8 Å². The van der Waals surface area contributed by atoms with Crippen molar-refractivity contribution in [3.8, 4) is 11.4 Å². The monoisotopic (exact) mass is 521 g/mol. The van der Waals surface area contributed by atoms with Crippen LogP contribution in [0.3, 0.4) is 0 Å². The van der Waals surface area contributed by atoms with Gasteiger partial charge in [0, 0.05) is 11.3 Å². The second kappa shape index (κ2) is 10.1. The normalized spacial score (nSPS) is 17.1. The first kappa shape index (κ1) is 24.5. The van der Waals surface area contributed by atoms with E-state index in [1.54, 1.807) is 23.8 Å². The SMILES string of the molecule is CC[C@]1(C)Cc2c(sc3nc(SCC(=O)Nc4ccccc4OC)n(-c4ccccc4)c(=O)c23)CO1. The number of ether oxygens (including phenoxy) is 2. The third-order valence-electron chi connectivity index (χ3n) is 6.46. The third kappa shape index (κ3) is 4.66. The summed E-state index contributed by atoms with van der Waals surface area (Å²) in [5.74, 6) is 0.461. The lowest BCUT2D eigenvalue weighted by Gasteiger charge is -2.32. The van der Waals surface area contributed by atoms with Crippen molar-refractivity contribution >= 4 is 44.9 Å². The molecule has 0 saturated carbocycles. The average molecular weight is 522 g/mol. The Kier molecular flexibility index (Phi) is 6.87. The first-order valence-corrected chi connectivity index (χ1v) is 13.5. The quantitative estimate of drug-likeness (QED) is 0.258. The van der Waals surface area contributed by atoms with Crippen LogP contribution in [0.1, 0.15) is 30.7 Å². The number of fused-ring (bicyclic) bond motifs is 3. The maximum absolute atomic E-state index is 14.0. The molecule has 0 saturated heterocycles. The molecule has 3 heterocycles. The minimum absolute atomic E-state index is 0.0882. The molecule has 0 radical (unpaired) electrons. The molecule has 186 valence electrons.